The molecule has 0 spiro atoms. The number of hydrogen-bond donors (Lipinski definition) is 1. The van der Waals surface area contributed by atoms with Gasteiger partial charge in [0.25, 0.3) is 5.91 Å². The number of nitrogens with zero attached hydrogens (tertiary/aromatic N) is 1. The number of carbonyl (C=O) groups excluding carboxylic acids is 2. The van der Waals surface area contributed by atoms with Crippen molar-refractivity contribution in [1.29, 1.82) is 0 Å². The average molecular weight is 343 g/mol. The van der Waals surface area contributed by atoms with Crippen LogP contribution in [0.15, 0.2) is 22.7 Å². The molecule has 1 fully saturated rings. The van der Waals surface area contributed by atoms with E-state index in [1.807, 2.05) is 0 Å². The van der Waals surface area contributed by atoms with Gasteiger partial charge in [0, 0.05) is 17.6 Å². The Morgan fingerprint density at radius 3 is 2.60 bits per heavy atom. The van der Waals surface area contributed by atoms with E-state index in [0.717, 1.165) is 25.9 Å². The van der Waals surface area contributed by atoms with Gasteiger partial charge < -0.3 is 10.2 Å². The van der Waals surface area contributed by atoms with Gasteiger partial charge in [-0.15, -0.1) is 0 Å². The van der Waals surface area contributed by atoms with Crippen LogP contribution in [0.25, 0.3) is 0 Å². The van der Waals surface area contributed by atoms with E-state index in [4.69, 9.17) is 0 Å². The Kier molecular flexibility index (Phi) is 4.75. The number of nitrogens with one attached hydrogen (secondary N) is 1. The quantitative estimate of drug-likeness (QED) is 0.916. The summed E-state index contributed by atoms with van der Waals surface area (Å²) in [6, 6.07) is 3.55. The second kappa shape index (κ2) is 6.35. The maximum absolute atomic E-state index is 13.7. The van der Waals surface area contributed by atoms with Crippen LogP contribution >= 0.6 is 15.9 Å². The molecular weight excluding hydrogens is 327 g/mol. The van der Waals surface area contributed by atoms with Gasteiger partial charge in [0.2, 0.25) is 5.91 Å². The van der Waals surface area contributed by atoms with Crippen molar-refractivity contribution in [1.82, 2.24) is 10.2 Å². The highest BCUT2D eigenvalue weighted by Gasteiger charge is 2.25. The van der Waals surface area contributed by atoms with Gasteiger partial charge in [-0.1, -0.05) is 15.9 Å². The molecule has 1 N–H and O–H groups in total. The Morgan fingerprint density at radius 2 is 2.00 bits per heavy atom. The third-order valence-electron chi connectivity index (χ3n) is 3.31. The van der Waals surface area contributed by atoms with Gasteiger partial charge in [0.05, 0.1) is 5.56 Å². The molecule has 0 saturated carbocycles. The zero-order chi connectivity index (χ0) is 14.7. The van der Waals surface area contributed by atoms with Gasteiger partial charge in [0.15, 0.2) is 0 Å². The molecular formula is C14H16BrFN2O2. The van der Waals surface area contributed by atoms with E-state index in [-0.39, 0.29) is 11.5 Å². The van der Waals surface area contributed by atoms with E-state index in [2.05, 4.69) is 21.2 Å². The Balaban J connectivity index is 2.01. The van der Waals surface area contributed by atoms with E-state index in [0.29, 0.717) is 4.47 Å². The van der Waals surface area contributed by atoms with E-state index in [1.54, 1.807) is 17.9 Å². The molecule has 1 aromatic rings. The van der Waals surface area contributed by atoms with Crippen molar-refractivity contribution in [3.05, 3.63) is 34.1 Å². The fourth-order valence-electron chi connectivity index (χ4n) is 2.22. The lowest BCUT2D eigenvalue weighted by molar-refractivity contribution is -0.131. The first kappa shape index (κ1) is 15.0. The molecule has 4 nitrogen and oxygen atoms in total. The van der Waals surface area contributed by atoms with Crippen LogP contribution in [0.1, 0.15) is 30.1 Å². The SMILES string of the molecule is CC(NC(=O)c1ccc(Br)cc1F)C(=O)N1CCCC1. The van der Waals surface area contributed by atoms with Crippen molar-refractivity contribution in [3.63, 3.8) is 0 Å². The fraction of sp³-hybridized carbons (Fsp3) is 0.429. The van der Waals surface area contributed by atoms with Crippen LogP contribution in [0.2, 0.25) is 0 Å². The smallest absolute Gasteiger partial charge is 0.254 e. The standard InChI is InChI=1S/C14H16BrFN2O2/c1-9(14(20)18-6-2-3-7-18)17-13(19)11-5-4-10(15)8-12(11)16/h4-5,8-9H,2-3,6-7H2,1H3,(H,17,19). The summed E-state index contributed by atoms with van der Waals surface area (Å²) in [5.74, 6) is -1.30. The van der Waals surface area contributed by atoms with Crippen LogP contribution in [0, 0.1) is 5.82 Å². The number of carbonyl (C=O) groups is 2. The Hall–Kier alpha value is -1.43. The van der Waals surface area contributed by atoms with Crippen molar-refractivity contribution in [3.8, 4) is 0 Å². The summed E-state index contributed by atoms with van der Waals surface area (Å²) in [4.78, 5) is 25.8. The summed E-state index contributed by atoms with van der Waals surface area (Å²) < 4.78 is 14.2. The van der Waals surface area contributed by atoms with Crippen LogP contribution in [0.5, 0.6) is 0 Å². The minimum absolute atomic E-state index is 0.0609. The first-order chi connectivity index (χ1) is 9.49. The minimum atomic E-state index is -0.649. The predicted molar refractivity (Wildman–Crippen MR) is 76.8 cm³/mol. The van der Waals surface area contributed by atoms with Crippen LogP contribution < -0.4 is 5.32 Å². The average Bonchev–Trinajstić information content (AvgIpc) is 2.91. The Labute approximate surface area is 125 Å². The second-order valence-corrected chi connectivity index (χ2v) is 5.77. The van der Waals surface area contributed by atoms with Gasteiger partial charge in [-0.3, -0.25) is 9.59 Å². The predicted octanol–water partition coefficient (Wildman–Crippen LogP) is 2.33. The van der Waals surface area contributed by atoms with Gasteiger partial charge >= 0.3 is 0 Å². The Morgan fingerprint density at radius 1 is 1.35 bits per heavy atom. The zero-order valence-electron chi connectivity index (χ0n) is 11.2. The molecule has 2 rings (SSSR count). The summed E-state index contributed by atoms with van der Waals surface area (Å²) in [6.45, 7) is 3.08. The summed E-state index contributed by atoms with van der Waals surface area (Å²) >= 11 is 3.13. The number of hydrogen-bond acceptors (Lipinski definition) is 2. The van der Waals surface area contributed by atoms with Gasteiger partial charge in [-0.05, 0) is 38.0 Å². The van der Waals surface area contributed by atoms with Crippen molar-refractivity contribution >= 4 is 27.7 Å². The van der Waals surface area contributed by atoms with Crippen molar-refractivity contribution < 1.29 is 14.0 Å². The fourth-order valence-corrected chi connectivity index (χ4v) is 2.55. The largest absolute Gasteiger partial charge is 0.341 e. The lowest BCUT2D eigenvalue weighted by atomic mass is 10.2. The number of likely N-dealkylation sites (tertiary alicyclic amines) is 1. The first-order valence-corrected chi connectivity index (χ1v) is 7.33. The van der Waals surface area contributed by atoms with Crippen LogP contribution in [0.4, 0.5) is 4.39 Å². The van der Waals surface area contributed by atoms with Gasteiger partial charge in [-0.2, -0.15) is 0 Å². The van der Waals surface area contributed by atoms with E-state index in [1.165, 1.54) is 12.1 Å². The van der Waals surface area contributed by atoms with Gasteiger partial charge in [-0.25, -0.2) is 4.39 Å². The molecule has 1 aliphatic rings. The number of benzene rings is 1. The molecule has 0 radical (unpaired) electrons. The topological polar surface area (TPSA) is 49.4 Å². The summed E-state index contributed by atoms with van der Waals surface area (Å²) in [5.41, 5.74) is -0.0609. The van der Waals surface area contributed by atoms with Crippen molar-refractivity contribution in [2.75, 3.05) is 13.1 Å². The highest BCUT2D eigenvalue weighted by molar-refractivity contribution is 9.10. The van der Waals surface area contributed by atoms with Crippen molar-refractivity contribution in [2.24, 2.45) is 0 Å². The third-order valence-corrected chi connectivity index (χ3v) is 3.80. The molecule has 2 amide bonds. The van der Waals surface area contributed by atoms with Crippen LogP contribution in [-0.4, -0.2) is 35.8 Å². The van der Waals surface area contributed by atoms with Crippen molar-refractivity contribution in [2.45, 2.75) is 25.8 Å². The molecule has 1 atom stereocenters. The molecule has 108 valence electrons. The first-order valence-electron chi connectivity index (χ1n) is 6.54. The molecule has 20 heavy (non-hydrogen) atoms. The lowest BCUT2D eigenvalue weighted by Gasteiger charge is -2.21. The molecule has 1 aliphatic heterocycles. The second-order valence-electron chi connectivity index (χ2n) is 4.85. The molecule has 0 bridgehead atoms. The summed E-state index contributed by atoms with van der Waals surface area (Å²) in [7, 11) is 0. The maximum Gasteiger partial charge on any atom is 0.254 e. The summed E-state index contributed by atoms with van der Waals surface area (Å²) in [5, 5.41) is 2.55. The van der Waals surface area contributed by atoms with Crippen LogP contribution in [0.3, 0.4) is 0 Å². The van der Waals surface area contributed by atoms with E-state index < -0.39 is 17.8 Å². The maximum atomic E-state index is 13.7. The highest BCUT2D eigenvalue weighted by Crippen LogP contribution is 2.15. The molecule has 0 aliphatic carbocycles. The zero-order valence-corrected chi connectivity index (χ0v) is 12.7. The number of halogens is 2. The molecule has 0 aromatic heterocycles. The van der Waals surface area contributed by atoms with E-state index in [9.17, 15) is 14.0 Å². The molecule has 1 aromatic carbocycles. The normalized spacial score (nSPS) is 16.1. The number of amides is 2. The van der Waals surface area contributed by atoms with E-state index >= 15 is 0 Å². The highest BCUT2D eigenvalue weighted by atomic mass is 79.9. The third kappa shape index (κ3) is 3.36. The lowest BCUT2D eigenvalue weighted by Crippen LogP contribution is -2.46. The molecule has 1 heterocycles. The Bertz CT molecular complexity index is 530. The molecule has 6 heteroatoms. The van der Waals surface area contributed by atoms with Gasteiger partial charge in [0.1, 0.15) is 11.9 Å². The molecule has 1 saturated heterocycles. The van der Waals surface area contributed by atoms with Crippen LogP contribution in [-0.2, 0) is 4.79 Å². The molecule has 1 unspecified atom stereocenters. The summed E-state index contributed by atoms with van der Waals surface area (Å²) in [6.07, 6.45) is 1.99. The number of rotatable bonds is 3. The monoisotopic (exact) mass is 342 g/mol. The minimum Gasteiger partial charge on any atom is -0.341 e.